The fraction of sp³-hybridized carbons (Fsp3) is 0.348. The van der Waals surface area contributed by atoms with Crippen LogP contribution in [0, 0.1) is 0 Å². The van der Waals surface area contributed by atoms with Crippen molar-refractivity contribution in [3.8, 4) is 0 Å². The monoisotopic (exact) mass is 487 g/mol. The molecule has 1 fully saturated rings. The van der Waals surface area contributed by atoms with Crippen LogP contribution >= 0.6 is 11.8 Å². The van der Waals surface area contributed by atoms with Gasteiger partial charge in [-0.2, -0.15) is 0 Å². The van der Waals surface area contributed by atoms with Gasteiger partial charge >= 0.3 is 0 Å². The van der Waals surface area contributed by atoms with E-state index in [0.717, 1.165) is 19.1 Å². The predicted octanol–water partition coefficient (Wildman–Crippen LogP) is 3.31. The minimum atomic E-state index is -3.39. The highest BCUT2D eigenvalue weighted by Crippen LogP contribution is 2.27. The van der Waals surface area contributed by atoms with Gasteiger partial charge in [0, 0.05) is 17.9 Å². The van der Waals surface area contributed by atoms with E-state index in [1.165, 1.54) is 11.8 Å². The summed E-state index contributed by atoms with van der Waals surface area (Å²) < 4.78 is 32.5. The fourth-order valence-corrected chi connectivity index (χ4v) is 5.31. The number of Topliss-reactive ketones (excluding diaryl/α,β-unsaturated/α-hetero) is 1. The lowest BCUT2D eigenvalue weighted by Crippen LogP contribution is -2.29. The van der Waals surface area contributed by atoms with Crippen molar-refractivity contribution in [2.45, 2.75) is 42.8 Å². The molecule has 0 radical (unpaired) electrons. The standard InChI is InChI=1S/C23H25N3O5S2/c1-15(21(27)16-9-11-17(12-10-16)25-33(2,29)30)32-23-24-20-8-4-3-7-19(20)22(28)26(23)14-18-6-5-13-31-18/h3-4,7-12,15,18,25H,5-6,13-14H2,1-2H3/t15-,18+/m0/s1. The smallest absolute Gasteiger partial charge is 0.262 e. The number of ketones is 1. The van der Waals surface area contributed by atoms with Gasteiger partial charge in [0.05, 0.1) is 35.1 Å². The molecule has 0 bridgehead atoms. The van der Waals surface area contributed by atoms with E-state index >= 15 is 0 Å². The van der Waals surface area contributed by atoms with Crippen LogP contribution in [-0.4, -0.2) is 48.0 Å². The molecule has 2 aromatic carbocycles. The third kappa shape index (κ3) is 5.63. The van der Waals surface area contributed by atoms with E-state index < -0.39 is 15.3 Å². The number of carbonyl (C=O) groups excluding carboxylic acids is 1. The second-order valence-corrected chi connectivity index (χ2v) is 11.1. The fourth-order valence-electron chi connectivity index (χ4n) is 3.75. The zero-order valence-corrected chi connectivity index (χ0v) is 20.0. The number of hydrogen-bond donors (Lipinski definition) is 1. The molecule has 1 aliphatic rings. The molecule has 1 N–H and O–H groups in total. The second-order valence-electron chi connectivity index (χ2n) is 8.04. The van der Waals surface area contributed by atoms with E-state index in [4.69, 9.17) is 4.74 Å². The van der Waals surface area contributed by atoms with E-state index in [1.54, 1.807) is 47.9 Å². The number of sulfonamides is 1. The Balaban J connectivity index is 1.60. The zero-order chi connectivity index (χ0) is 23.6. The van der Waals surface area contributed by atoms with Crippen molar-refractivity contribution in [2.24, 2.45) is 0 Å². The Hall–Kier alpha value is -2.69. The number of nitrogens with zero attached hydrogens (tertiary/aromatic N) is 2. The minimum absolute atomic E-state index is 0.0501. The molecule has 8 nitrogen and oxygen atoms in total. The van der Waals surface area contributed by atoms with Crippen LogP contribution in [0.3, 0.4) is 0 Å². The summed E-state index contributed by atoms with van der Waals surface area (Å²) in [5.41, 5.74) is 1.28. The molecular weight excluding hydrogens is 462 g/mol. The molecule has 1 aromatic heterocycles. The summed E-state index contributed by atoms with van der Waals surface area (Å²) in [6.45, 7) is 2.85. The van der Waals surface area contributed by atoms with Crippen molar-refractivity contribution in [2.75, 3.05) is 17.6 Å². The van der Waals surface area contributed by atoms with Crippen molar-refractivity contribution in [1.29, 1.82) is 0 Å². The van der Waals surface area contributed by atoms with Crippen LogP contribution in [-0.2, 0) is 21.3 Å². The lowest BCUT2D eigenvalue weighted by atomic mass is 10.1. The number of nitrogens with one attached hydrogen (secondary N) is 1. The Labute approximate surface area is 196 Å². The maximum atomic E-state index is 13.2. The Morgan fingerprint density at radius 2 is 1.97 bits per heavy atom. The molecule has 0 amide bonds. The van der Waals surface area contributed by atoms with E-state index in [-0.39, 0.29) is 17.4 Å². The van der Waals surface area contributed by atoms with Gasteiger partial charge in [-0.1, -0.05) is 23.9 Å². The number of rotatable bonds is 8. The summed E-state index contributed by atoms with van der Waals surface area (Å²) in [6.07, 6.45) is 2.86. The number of ether oxygens (including phenoxy) is 1. The van der Waals surface area contributed by atoms with Crippen molar-refractivity contribution < 1.29 is 17.9 Å². The van der Waals surface area contributed by atoms with Gasteiger partial charge in [0.1, 0.15) is 0 Å². The predicted molar refractivity (Wildman–Crippen MR) is 130 cm³/mol. The van der Waals surface area contributed by atoms with Gasteiger partial charge in [-0.05, 0) is 56.2 Å². The van der Waals surface area contributed by atoms with Gasteiger partial charge in [-0.15, -0.1) is 0 Å². The topological polar surface area (TPSA) is 107 Å². The third-order valence-corrected chi connectivity index (χ3v) is 7.06. The van der Waals surface area contributed by atoms with Crippen LogP contribution in [0.4, 0.5) is 5.69 Å². The lowest BCUT2D eigenvalue weighted by Gasteiger charge is -2.18. The highest BCUT2D eigenvalue weighted by atomic mass is 32.2. The van der Waals surface area contributed by atoms with Gasteiger partial charge in [-0.25, -0.2) is 13.4 Å². The molecule has 4 rings (SSSR count). The first-order chi connectivity index (χ1) is 15.7. The van der Waals surface area contributed by atoms with Crippen molar-refractivity contribution in [1.82, 2.24) is 9.55 Å². The molecule has 0 spiro atoms. The first-order valence-electron chi connectivity index (χ1n) is 10.6. The maximum absolute atomic E-state index is 13.2. The Kier molecular flexibility index (Phi) is 6.87. The van der Waals surface area contributed by atoms with Gasteiger partial charge in [0.15, 0.2) is 10.9 Å². The van der Waals surface area contributed by atoms with Crippen LogP contribution in [0.25, 0.3) is 10.9 Å². The second kappa shape index (κ2) is 9.66. The van der Waals surface area contributed by atoms with Crippen LogP contribution < -0.4 is 10.3 Å². The quantitative estimate of drug-likeness (QED) is 0.295. The van der Waals surface area contributed by atoms with Gasteiger partial charge < -0.3 is 4.74 Å². The molecular formula is C23H25N3O5S2. The third-order valence-electron chi connectivity index (χ3n) is 5.36. The molecule has 0 aliphatic carbocycles. The number of carbonyl (C=O) groups is 1. The van der Waals surface area contributed by atoms with Crippen molar-refractivity contribution >= 4 is 44.2 Å². The molecule has 0 unspecified atom stereocenters. The van der Waals surface area contributed by atoms with Gasteiger partial charge in [0.2, 0.25) is 10.0 Å². The zero-order valence-electron chi connectivity index (χ0n) is 18.4. The van der Waals surface area contributed by atoms with Crippen LogP contribution in [0.5, 0.6) is 0 Å². The molecule has 2 atom stereocenters. The Morgan fingerprint density at radius 3 is 2.64 bits per heavy atom. The number of aromatic nitrogens is 2. The van der Waals surface area contributed by atoms with E-state index in [0.29, 0.717) is 40.5 Å². The number of anilines is 1. The highest BCUT2D eigenvalue weighted by Gasteiger charge is 2.24. The minimum Gasteiger partial charge on any atom is -0.376 e. The first kappa shape index (κ1) is 23.5. The van der Waals surface area contributed by atoms with E-state index in [2.05, 4.69) is 9.71 Å². The summed E-state index contributed by atoms with van der Waals surface area (Å²) in [5.74, 6) is -0.142. The molecule has 10 heteroatoms. The van der Waals surface area contributed by atoms with Crippen molar-refractivity contribution in [3.63, 3.8) is 0 Å². The summed E-state index contributed by atoms with van der Waals surface area (Å²) in [5, 5.41) is 0.501. The number of benzene rings is 2. The molecule has 3 aromatic rings. The summed E-state index contributed by atoms with van der Waals surface area (Å²) in [7, 11) is -3.39. The van der Waals surface area contributed by atoms with Crippen molar-refractivity contribution in [3.05, 3.63) is 64.4 Å². The highest BCUT2D eigenvalue weighted by molar-refractivity contribution is 8.00. The van der Waals surface area contributed by atoms with Gasteiger partial charge in [0.25, 0.3) is 5.56 Å². The molecule has 33 heavy (non-hydrogen) atoms. The number of fused-ring (bicyclic) bond motifs is 1. The molecule has 1 saturated heterocycles. The van der Waals surface area contributed by atoms with E-state index in [1.807, 2.05) is 12.1 Å². The number of thioether (sulfide) groups is 1. The molecule has 0 saturated carbocycles. The SMILES string of the molecule is C[C@H](Sc1nc2ccccc2c(=O)n1C[C@H]1CCCO1)C(=O)c1ccc(NS(C)(=O)=O)cc1. The molecule has 2 heterocycles. The first-order valence-corrected chi connectivity index (χ1v) is 13.4. The average molecular weight is 488 g/mol. The summed E-state index contributed by atoms with van der Waals surface area (Å²) >= 11 is 1.23. The molecule has 1 aliphatic heterocycles. The van der Waals surface area contributed by atoms with E-state index in [9.17, 15) is 18.0 Å². The normalized spacial score (nSPS) is 17.2. The largest absolute Gasteiger partial charge is 0.376 e. The number of hydrogen-bond acceptors (Lipinski definition) is 7. The Bertz CT molecular complexity index is 1330. The molecule has 174 valence electrons. The van der Waals surface area contributed by atoms with Gasteiger partial charge in [-0.3, -0.25) is 18.9 Å². The number of para-hydroxylation sites is 1. The summed E-state index contributed by atoms with van der Waals surface area (Å²) in [4.78, 5) is 31.0. The van der Waals surface area contributed by atoms with Crippen LogP contribution in [0.1, 0.15) is 30.1 Å². The maximum Gasteiger partial charge on any atom is 0.262 e. The summed E-state index contributed by atoms with van der Waals surface area (Å²) in [6, 6.07) is 13.4. The lowest BCUT2D eigenvalue weighted by molar-refractivity contribution is 0.0937. The Morgan fingerprint density at radius 1 is 1.24 bits per heavy atom. The van der Waals surface area contributed by atoms with Crippen LogP contribution in [0.2, 0.25) is 0 Å². The average Bonchev–Trinajstić information content (AvgIpc) is 3.28. The van der Waals surface area contributed by atoms with Crippen LogP contribution in [0.15, 0.2) is 58.5 Å².